The van der Waals surface area contributed by atoms with Gasteiger partial charge in [-0.3, -0.25) is 0 Å². The second-order valence-electron chi connectivity index (χ2n) is 7.53. The minimum Gasteiger partial charge on any atom is -0.497 e. The smallest absolute Gasteiger partial charge is 0.237 e. The van der Waals surface area contributed by atoms with Crippen molar-refractivity contribution in [1.82, 2.24) is 9.88 Å². The molecule has 0 spiro atoms. The van der Waals surface area contributed by atoms with Crippen molar-refractivity contribution in [3.8, 4) is 17.4 Å². The molecule has 0 bridgehead atoms. The maximum absolute atomic E-state index is 5.70. The number of ether oxygens (including phenoxy) is 3. The van der Waals surface area contributed by atoms with Crippen LogP contribution < -0.4 is 24.4 Å². The van der Waals surface area contributed by atoms with E-state index in [1.165, 1.54) is 0 Å². The Labute approximate surface area is 190 Å². The highest BCUT2D eigenvalue weighted by molar-refractivity contribution is 7.80. The van der Waals surface area contributed by atoms with Crippen LogP contribution in [0.4, 0.5) is 11.4 Å². The quantitative estimate of drug-likeness (QED) is 0.646. The summed E-state index contributed by atoms with van der Waals surface area (Å²) in [5.41, 5.74) is 4.11. The first-order valence-electron chi connectivity index (χ1n) is 10.6. The van der Waals surface area contributed by atoms with Gasteiger partial charge in [-0.15, -0.1) is 0 Å². The molecule has 0 unspecified atom stereocenters. The monoisotopic (exact) mass is 444 g/mol. The highest BCUT2D eigenvalue weighted by Gasteiger charge is 2.21. The van der Waals surface area contributed by atoms with Crippen molar-refractivity contribution in [2.45, 2.75) is 26.7 Å². The van der Waals surface area contributed by atoms with Crippen molar-refractivity contribution in [3.63, 3.8) is 0 Å². The summed E-state index contributed by atoms with van der Waals surface area (Å²) >= 11 is 5.70. The van der Waals surface area contributed by atoms with E-state index in [9.17, 15) is 0 Å². The Balaban J connectivity index is 1.65. The molecule has 8 heteroatoms. The van der Waals surface area contributed by atoms with Crippen molar-refractivity contribution in [3.05, 3.63) is 35.5 Å². The first kappa shape index (κ1) is 22.9. The number of aromatic nitrogens is 1. The van der Waals surface area contributed by atoms with Crippen LogP contribution >= 0.6 is 12.2 Å². The molecule has 1 aliphatic rings. The van der Waals surface area contributed by atoms with E-state index in [4.69, 9.17) is 26.4 Å². The van der Waals surface area contributed by atoms with Gasteiger partial charge in [-0.25, -0.2) is 4.98 Å². The fourth-order valence-electron chi connectivity index (χ4n) is 3.70. The number of piperazine rings is 1. The molecule has 0 amide bonds. The number of methoxy groups -OCH3 is 3. The molecule has 1 saturated heterocycles. The lowest BCUT2D eigenvalue weighted by molar-refractivity contribution is 0.383. The fraction of sp³-hybridized carbons (Fsp3) is 0.478. The third-order valence-corrected chi connectivity index (χ3v) is 5.83. The predicted molar refractivity (Wildman–Crippen MR) is 129 cm³/mol. The third-order valence-electron chi connectivity index (χ3n) is 5.47. The molecule has 1 aliphatic heterocycles. The summed E-state index contributed by atoms with van der Waals surface area (Å²) in [7, 11) is 4.98. The van der Waals surface area contributed by atoms with E-state index in [1.54, 1.807) is 21.3 Å². The summed E-state index contributed by atoms with van der Waals surface area (Å²) in [6, 6.07) is 8.02. The molecule has 1 aromatic carbocycles. The van der Waals surface area contributed by atoms with Gasteiger partial charge >= 0.3 is 0 Å². The van der Waals surface area contributed by atoms with Gasteiger partial charge in [-0.2, -0.15) is 0 Å². The molecule has 168 valence electrons. The van der Waals surface area contributed by atoms with Crippen molar-refractivity contribution < 1.29 is 14.2 Å². The summed E-state index contributed by atoms with van der Waals surface area (Å²) in [5.74, 6) is 2.16. The van der Waals surface area contributed by atoms with Gasteiger partial charge in [0.05, 0.1) is 21.3 Å². The Morgan fingerprint density at radius 1 is 1.00 bits per heavy atom. The van der Waals surface area contributed by atoms with Gasteiger partial charge in [0.2, 0.25) is 5.88 Å². The summed E-state index contributed by atoms with van der Waals surface area (Å²) in [6.45, 7) is 7.55. The van der Waals surface area contributed by atoms with E-state index in [2.05, 4.69) is 40.0 Å². The van der Waals surface area contributed by atoms with E-state index in [0.717, 1.165) is 73.2 Å². The van der Waals surface area contributed by atoms with Gasteiger partial charge < -0.3 is 29.3 Å². The number of aryl methyl sites for hydroxylation is 2. The summed E-state index contributed by atoms with van der Waals surface area (Å²) in [4.78, 5) is 9.16. The second kappa shape index (κ2) is 10.5. The van der Waals surface area contributed by atoms with Gasteiger partial charge in [-0.1, -0.05) is 13.3 Å². The average molecular weight is 445 g/mol. The molecule has 0 aliphatic carbocycles. The van der Waals surface area contributed by atoms with Gasteiger partial charge in [-0.05, 0) is 37.2 Å². The summed E-state index contributed by atoms with van der Waals surface area (Å²) in [6.07, 6.45) is 1.98. The van der Waals surface area contributed by atoms with E-state index in [1.807, 2.05) is 18.2 Å². The van der Waals surface area contributed by atoms with Gasteiger partial charge in [0, 0.05) is 55.8 Å². The molecule has 1 fully saturated rings. The Morgan fingerprint density at radius 3 is 2.19 bits per heavy atom. The van der Waals surface area contributed by atoms with Crippen LogP contribution in [0.5, 0.6) is 17.4 Å². The zero-order valence-electron chi connectivity index (χ0n) is 19.0. The highest BCUT2D eigenvalue weighted by atomic mass is 32.1. The Bertz CT molecular complexity index is 892. The zero-order valence-corrected chi connectivity index (χ0v) is 19.8. The summed E-state index contributed by atoms with van der Waals surface area (Å²) < 4.78 is 16.3. The molecule has 0 radical (unpaired) electrons. The van der Waals surface area contributed by atoms with Crippen LogP contribution in [0.3, 0.4) is 0 Å². The van der Waals surface area contributed by atoms with Gasteiger partial charge in [0.15, 0.2) is 5.11 Å². The first-order valence-corrected chi connectivity index (χ1v) is 11.0. The predicted octanol–water partition coefficient (Wildman–Crippen LogP) is 3.89. The van der Waals surface area contributed by atoms with Crippen molar-refractivity contribution in [2.24, 2.45) is 0 Å². The molecule has 2 heterocycles. The molecule has 0 atom stereocenters. The Morgan fingerprint density at radius 2 is 1.65 bits per heavy atom. The minimum atomic E-state index is 0.582. The van der Waals surface area contributed by atoms with E-state index in [-0.39, 0.29) is 0 Å². The topological polar surface area (TPSA) is 59.1 Å². The SMILES string of the molecule is CCCc1nc(OC)c(NC(=S)N2CCN(c3cc(OC)cc(OC)c3)CC2)cc1C. The average Bonchev–Trinajstić information content (AvgIpc) is 2.80. The van der Waals surface area contributed by atoms with E-state index in [0.29, 0.717) is 11.0 Å². The molecule has 2 aromatic rings. The molecule has 7 nitrogen and oxygen atoms in total. The maximum Gasteiger partial charge on any atom is 0.237 e. The molecule has 1 aromatic heterocycles. The normalized spacial score (nSPS) is 13.7. The molecular weight excluding hydrogens is 412 g/mol. The van der Waals surface area contributed by atoms with Crippen LogP contribution in [0.2, 0.25) is 0 Å². The zero-order chi connectivity index (χ0) is 22.4. The molecule has 31 heavy (non-hydrogen) atoms. The molecule has 3 rings (SSSR count). The van der Waals surface area contributed by atoms with Gasteiger partial charge in [0.1, 0.15) is 17.2 Å². The number of nitrogens with one attached hydrogen (secondary N) is 1. The molecule has 1 N–H and O–H groups in total. The summed E-state index contributed by atoms with van der Waals surface area (Å²) in [5, 5.41) is 4.03. The maximum atomic E-state index is 5.70. The largest absolute Gasteiger partial charge is 0.497 e. The number of nitrogens with zero attached hydrogens (tertiary/aromatic N) is 3. The Hall–Kier alpha value is -2.74. The minimum absolute atomic E-state index is 0.582. The third kappa shape index (κ3) is 5.50. The van der Waals surface area contributed by atoms with Crippen molar-refractivity contribution >= 4 is 28.7 Å². The number of benzene rings is 1. The number of pyridine rings is 1. The number of hydrogen-bond acceptors (Lipinski definition) is 6. The lowest BCUT2D eigenvalue weighted by Crippen LogP contribution is -2.50. The lowest BCUT2D eigenvalue weighted by atomic mass is 10.1. The molecule has 0 saturated carbocycles. The van der Waals surface area contributed by atoms with Crippen LogP contribution in [-0.2, 0) is 6.42 Å². The number of rotatable bonds is 7. The van der Waals surface area contributed by atoms with Crippen molar-refractivity contribution in [2.75, 3.05) is 57.7 Å². The van der Waals surface area contributed by atoms with Crippen LogP contribution in [0.1, 0.15) is 24.6 Å². The number of thiocarbonyl (C=S) groups is 1. The second-order valence-corrected chi connectivity index (χ2v) is 7.92. The van der Waals surface area contributed by atoms with E-state index < -0.39 is 0 Å². The Kier molecular flexibility index (Phi) is 7.79. The van der Waals surface area contributed by atoms with Crippen molar-refractivity contribution in [1.29, 1.82) is 0 Å². The number of hydrogen-bond donors (Lipinski definition) is 1. The van der Waals surface area contributed by atoms with E-state index >= 15 is 0 Å². The number of anilines is 2. The van der Waals surface area contributed by atoms with Crippen LogP contribution in [0.15, 0.2) is 24.3 Å². The lowest BCUT2D eigenvalue weighted by Gasteiger charge is -2.37. The van der Waals surface area contributed by atoms with Crippen LogP contribution in [0, 0.1) is 6.92 Å². The highest BCUT2D eigenvalue weighted by Crippen LogP contribution is 2.30. The standard InChI is InChI=1S/C23H32N4O3S/c1-6-7-20-16(2)12-21(22(24-20)30-5)25-23(31)27-10-8-26(9-11-27)17-13-18(28-3)15-19(14-17)29-4/h12-15H,6-11H2,1-5H3,(H,25,31). The van der Waals surface area contributed by atoms with Gasteiger partial charge in [0.25, 0.3) is 0 Å². The van der Waals surface area contributed by atoms with Crippen LogP contribution in [-0.4, -0.2) is 62.5 Å². The van der Waals surface area contributed by atoms with Crippen LogP contribution in [0.25, 0.3) is 0 Å². The molecular formula is C23H32N4O3S. The first-order chi connectivity index (χ1) is 15.0. The fourth-order valence-corrected chi connectivity index (χ4v) is 4.00.